The summed E-state index contributed by atoms with van der Waals surface area (Å²) >= 11 is 0. The lowest BCUT2D eigenvalue weighted by atomic mass is 10.0. The van der Waals surface area contributed by atoms with Crippen molar-refractivity contribution in [2.45, 2.75) is 0 Å². The van der Waals surface area contributed by atoms with Crippen LogP contribution in [0.4, 0.5) is 5.69 Å². The van der Waals surface area contributed by atoms with Crippen LogP contribution >= 0.6 is 0 Å². The SMILES string of the molecule is O=Cc1cccc(-c2cccc(N=Cc3ccccc3O)c2)c1. The van der Waals surface area contributed by atoms with E-state index in [4.69, 9.17) is 0 Å². The second-order valence-corrected chi connectivity index (χ2v) is 5.11. The second-order valence-electron chi connectivity index (χ2n) is 5.11. The molecule has 3 rings (SSSR count). The predicted octanol–water partition coefficient (Wildman–Crippen LogP) is 4.62. The van der Waals surface area contributed by atoms with Crippen LogP contribution in [0.25, 0.3) is 11.1 Å². The van der Waals surface area contributed by atoms with Crippen LogP contribution in [-0.4, -0.2) is 17.6 Å². The van der Waals surface area contributed by atoms with Crippen molar-refractivity contribution in [1.29, 1.82) is 0 Å². The van der Waals surface area contributed by atoms with E-state index in [1.54, 1.807) is 30.5 Å². The summed E-state index contributed by atoms with van der Waals surface area (Å²) in [7, 11) is 0. The van der Waals surface area contributed by atoms with E-state index in [2.05, 4.69) is 4.99 Å². The van der Waals surface area contributed by atoms with Gasteiger partial charge in [-0.3, -0.25) is 9.79 Å². The standard InChI is InChI=1S/C20H15NO2/c22-14-15-5-3-7-16(11-15)17-8-4-9-19(12-17)21-13-18-6-1-2-10-20(18)23/h1-14,23H. The van der Waals surface area contributed by atoms with E-state index < -0.39 is 0 Å². The van der Waals surface area contributed by atoms with Crippen LogP contribution < -0.4 is 0 Å². The van der Waals surface area contributed by atoms with Crippen molar-refractivity contribution in [2.75, 3.05) is 0 Å². The molecule has 0 radical (unpaired) electrons. The number of aromatic hydroxyl groups is 1. The van der Waals surface area contributed by atoms with Crippen LogP contribution in [0.1, 0.15) is 15.9 Å². The zero-order valence-corrected chi connectivity index (χ0v) is 12.4. The number of phenols is 1. The Morgan fingerprint density at radius 3 is 2.35 bits per heavy atom. The highest BCUT2D eigenvalue weighted by Gasteiger charge is 2.01. The van der Waals surface area contributed by atoms with Gasteiger partial charge >= 0.3 is 0 Å². The number of phenolic OH excluding ortho intramolecular Hbond substituents is 1. The van der Waals surface area contributed by atoms with Gasteiger partial charge in [-0.15, -0.1) is 0 Å². The van der Waals surface area contributed by atoms with Crippen LogP contribution in [0.3, 0.4) is 0 Å². The van der Waals surface area contributed by atoms with Crippen molar-refractivity contribution < 1.29 is 9.90 Å². The highest BCUT2D eigenvalue weighted by atomic mass is 16.3. The molecule has 0 aliphatic rings. The minimum atomic E-state index is 0.200. The first kappa shape index (κ1) is 14.7. The molecule has 3 heteroatoms. The van der Waals surface area contributed by atoms with Gasteiger partial charge in [-0.05, 0) is 41.5 Å². The van der Waals surface area contributed by atoms with Crippen LogP contribution in [-0.2, 0) is 0 Å². The average molecular weight is 301 g/mol. The van der Waals surface area contributed by atoms with Gasteiger partial charge in [0.15, 0.2) is 0 Å². The second kappa shape index (κ2) is 6.71. The Kier molecular flexibility index (Phi) is 4.29. The van der Waals surface area contributed by atoms with Crippen molar-refractivity contribution in [3.05, 3.63) is 83.9 Å². The van der Waals surface area contributed by atoms with Crippen LogP contribution in [0.5, 0.6) is 5.75 Å². The fourth-order valence-electron chi connectivity index (χ4n) is 2.30. The lowest BCUT2D eigenvalue weighted by molar-refractivity contribution is 0.112. The zero-order chi connectivity index (χ0) is 16.1. The van der Waals surface area contributed by atoms with Gasteiger partial charge in [0.05, 0.1) is 5.69 Å². The van der Waals surface area contributed by atoms with E-state index in [0.717, 1.165) is 23.1 Å². The molecule has 0 aliphatic carbocycles. The highest BCUT2D eigenvalue weighted by Crippen LogP contribution is 2.25. The number of aliphatic imine (C=N–C) groups is 1. The first-order valence-electron chi connectivity index (χ1n) is 7.24. The van der Waals surface area contributed by atoms with Crippen molar-refractivity contribution in [3.8, 4) is 16.9 Å². The first-order chi connectivity index (χ1) is 11.3. The quantitative estimate of drug-likeness (QED) is 0.564. The van der Waals surface area contributed by atoms with Gasteiger partial charge < -0.3 is 5.11 Å². The Morgan fingerprint density at radius 1 is 0.826 bits per heavy atom. The van der Waals surface area contributed by atoms with Gasteiger partial charge in [0.25, 0.3) is 0 Å². The molecule has 112 valence electrons. The van der Waals surface area contributed by atoms with Crippen LogP contribution in [0.2, 0.25) is 0 Å². The van der Waals surface area contributed by atoms with Crippen molar-refractivity contribution in [2.24, 2.45) is 4.99 Å². The molecule has 0 saturated heterocycles. The number of hydrogen-bond donors (Lipinski definition) is 1. The fraction of sp³-hybridized carbons (Fsp3) is 0. The van der Waals surface area contributed by atoms with Gasteiger partial charge in [-0.1, -0.05) is 42.5 Å². The molecule has 0 atom stereocenters. The molecular weight excluding hydrogens is 286 g/mol. The van der Waals surface area contributed by atoms with E-state index in [1.807, 2.05) is 48.5 Å². The molecule has 0 heterocycles. The third kappa shape index (κ3) is 3.52. The predicted molar refractivity (Wildman–Crippen MR) is 92.6 cm³/mol. The van der Waals surface area contributed by atoms with Crippen molar-refractivity contribution in [3.63, 3.8) is 0 Å². The van der Waals surface area contributed by atoms with E-state index in [9.17, 15) is 9.90 Å². The van der Waals surface area contributed by atoms with Crippen molar-refractivity contribution >= 4 is 18.2 Å². The Morgan fingerprint density at radius 2 is 1.57 bits per heavy atom. The highest BCUT2D eigenvalue weighted by molar-refractivity contribution is 5.86. The molecule has 0 bridgehead atoms. The monoisotopic (exact) mass is 301 g/mol. The van der Waals surface area contributed by atoms with E-state index >= 15 is 0 Å². The summed E-state index contributed by atoms with van der Waals surface area (Å²) in [5.74, 6) is 0.200. The maximum absolute atomic E-state index is 10.9. The number of aldehydes is 1. The van der Waals surface area contributed by atoms with Gasteiger partial charge in [0, 0.05) is 17.3 Å². The Balaban J connectivity index is 1.91. The minimum absolute atomic E-state index is 0.200. The molecule has 0 unspecified atom stereocenters. The van der Waals surface area contributed by atoms with E-state index in [0.29, 0.717) is 11.1 Å². The molecule has 3 nitrogen and oxygen atoms in total. The molecule has 3 aromatic carbocycles. The molecule has 1 N–H and O–H groups in total. The fourth-order valence-corrected chi connectivity index (χ4v) is 2.30. The Bertz CT molecular complexity index is 869. The largest absolute Gasteiger partial charge is 0.507 e. The summed E-state index contributed by atoms with van der Waals surface area (Å²) in [6, 6.07) is 22.2. The number of nitrogens with zero attached hydrogens (tertiary/aromatic N) is 1. The first-order valence-corrected chi connectivity index (χ1v) is 7.24. The number of carbonyl (C=O) groups is 1. The van der Waals surface area contributed by atoms with Crippen LogP contribution in [0.15, 0.2) is 77.8 Å². The summed E-state index contributed by atoms with van der Waals surface area (Å²) in [5, 5.41) is 9.75. The third-order valence-corrected chi connectivity index (χ3v) is 3.49. The van der Waals surface area contributed by atoms with Gasteiger partial charge in [-0.2, -0.15) is 0 Å². The molecule has 0 aliphatic heterocycles. The molecular formula is C20H15NO2. The van der Waals surface area contributed by atoms with Gasteiger partial charge in [-0.25, -0.2) is 0 Å². The lowest BCUT2D eigenvalue weighted by Crippen LogP contribution is -1.83. The van der Waals surface area contributed by atoms with Gasteiger partial charge in [0.2, 0.25) is 0 Å². The van der Waals surface area contributed by atoms with Crippen molar-refractivity contribution in [1.82, 2.24) is 0 Å². The molecule has 3 aromatic rings. The summed E-state index contributed by atoms with van der Waals surface area (Å²) in [5.41, 5.74) is 4.04. The number of para-hydroxylation sites is 1. The molecule has 0 saturated carbocycles. The minimum Gasteiger partial charge on any atom is -0.507 e. The maximum atomic E-state index is 10.9. The summed E-state index contributed by atoms with van der Waals surface area (Å²) in [6.07, 6.45) is 2.47. The molecule has 0 aromatic heterocycles. The van der Waals surface area contributed by atoms with Crippen LogP contribution in [0, 0.1) is 0 Å². The van der Waals surface area contributed by atoms with E-state index in [-0.39, 0.29) is 5.75 Å². The average Bonchev–Trinajstić information content (AvgIpc) is 2.61. The number of carbonyl (C=O) groups excluding carboxylic acids is 1. The van der Waals surface area contributed by atoms with Gasteiger partial charge in [0.1, 0.15) is 12.0 Å². The molecule has 0 spiro atoms. The molecule has 23 heavy (non-hydrogen) atoms. The summed E-state index contributed by atoms with van der Waals surface area (Å²) in [6.45, 7) is 0. The molecule has 0 amide bonds. The summed E-state index contributed by atoms with van der Waals surface area (Å²) in [4.78, 5) is 15.3. The van der Waals surface area contributed by atoms with E-state index in [1.165, 1.54) is 0 Å². The normalized spacial score (nSPS) is 10.8. The Hall–Kier alpha value is -3.20. The maximum Gasteiger partial charge on any atom is 0.150 e. The third-order valence-electron chi connectivity index (χ3n) is 3.49. The smallest absolute Gasteiger partial charge is 0.150 e. The number of benzene rings is 3. The Labute approximate surface area is 134 Å². The summed E-state index contributed by atoms with van der Waals surface area (Å²) < 4.78 is 0. The topological polar surface area (TPSA) is 49.7 Å². The number of hydrogen-bond acceptors (Lipinski definition) is 3. The number of rotatable bonds is 4. The molecule has 0 fully saturated rings. The lowest BCUT2D eigenvalue weighted by Gasteiger charge is -2.04. The zero-order valence-electron chi connectivity index (χ0n) is 12.4.